The van der Waals surface area contributed by atoms with Gasteiger partial charge in [-0.25, -0.2) is 9.36 Å². The van der Waals surface area contributed by atoms with Crippen LogP contribution in [0, 0.1) is 0 Å². The van der Waals surface area contributed by atoms with Gasteiger partial charge in [-0.05, 0) is 46.4 Å². The summed E-state index contributed by atoms with van der Waals surface area (Å²) in [6, 6.07) is 16.0. The van der Waals surface area contributed by atoms with Crippen LogP contribution in [0.4, 0.5) is 0 Å². The summed E-state index contributed by atoms with van der Waals surface area (Å²) < 4.78 is 4.64. The first-order valence-corrected chi connectivity index (χ1v) is 11.3. The Labute approximate surface area is 192 Å². The summed E-state index contributed by atoms with van der Waals surface area (Å²) in [6.07, 6.45) is 5.26. The van der Waals surface area contributed by atoms with Crippen molar-refractivity contribution in [2.45, 2.75) is 52.5 Å². The molecule has 2 heterocycles. The number of nitrogens with zero attached hydrogens (tertiary/aromatic N) is 6. The van der Waals surface area contributed by atoms with Gasteiger partial charge in [0.1, 0.15) is 6.33 Å². The molecule has 4 aromatic rings. The Morgan fingerprint density at radius 1 is 1.06 bits per heavy atom. The molecule has 0 aliphatic carbocycles. The van der Waals surface area contributed by atoms with Crippen molar-refractivity contribution < 1.29 is 4.79 Å². The molecule has 1 unspecified atom stereocenters. The van der Waals surface area contributed by atoms with E-state index < -0.39 is 0 Å². The highest BCUT2D eigenvalue weighted by Gasteiger charge is 2.19. The molecule has 8 heteroatoms. The highest BCUT2D eigenvalue weighted by molar-refractivity contribution is 5.78. The van der Waals surface area contributed by atoms with Gasteiger partial charge < -0.3 is 0 Å². The summed E-state index contributed by atoms with van der Waals surface area (Å²) >= 11 is 0. The van der Waals surface area contributed by atoms with Crippen molar-refractivity contribution in [1.29, 1.82) is 0 Å². The monoisotopic (exact) mass is 444 g/mol. The lowest BCUT2D eigenvalue weighted by molar-refractivity contribution is 0.0897. The van der Waals surface area contributed by atoms with E-state index in [1.54, 1.807) is 21.8 Å². The van der Waals surface area contributed by atoms with Crippen LogP contribution in [0.25, 0.3) is 16.8 Å². The molecule has 0 radical (unpaired) electrons. The number of hydrogen-bond donors (Lipinski definition) is 0. The van der Waals surface area contributed by atoms with Crippen molar-refractivity contribution in [3.63, 3.8) is 0 Å². The Kier molecular flexibility index (Phi) is 6.63. The normalized spacial score (nSPS) is 12.1. The molecule has 0 N–H and O–H groups in total. The number of imidazole rings is 1. The van der Waals surface area contributed by atoms with Crippen LogP contribution < -0.4 is 5.69 Å². The molecule has 33 heavy (non-hydrogen) atoms. The fraction of sp³-hybridized carbons (Fsp3) is 0.320. The number of benzene rings is 2. The predicted octanol–water partition coefficient (Wildman–Crippen LogP) is 4.29. The van der Waals surface area contributed by atoms with Gasteiger partial charge in [-0.15, -0.1) is 5.10 Å². The summed E-state index contributed by atoms with van der Waals surface area (Å²) in [5.41, 5.74) is 4.53. The van der Waals surface area contributed by atoms with Crippen molar-refractivity contribution in [2.24, 2.45) is 0 Å². The molecule has 0 spiro atoms. The zero-order valence-corrected chi connectivity index (χ0v) is 19.2. The molecule has 2 aromatic carbocycles. The first-order chi connectivity index (χ1) is 16.0. The fourth-order valence-corrected chi connectivity index (χ4v) is 3.93. The lowest BCUT2D eigenvalue weighted by Gasteiger charge is -2.13. The largest absolute Gasteiger partial charge is 0.335 e. The summed E-state index contributed by atoms with van der Waals surface area (Å²) in [7, 11) is 0. The van der Waals surface area contributed by atoms with Gasteiger partial charge in [0.15, 0.2) is 0 Å². The first-order valence-electron chi connectivity index (χ1n) is 11.3. The minimum atomic E-state index is -0.267. The van der Waals surface area contributed by atoms with E-state index in [9.17, 15) is 9.59 Å². The maximum Gasteiger partial charge on any atom is 0.335 e. The number of para-hydroxylation sites is 1. The second-order valence-corrected chi connectivity index (χ2v) is 8.21. The second-order valence-electron chi connectivity index (χ2n) is 8.21. The van der Waals surface area contributed by atoms with Gasteiger partial charge in [0.2, 0.25) is 5.91 Å². The molecule has 2 aromatic heterocycles. The molecule has 1 atom stereocenters. The maximum absolute atomic E-state index is 13.1. The van der Waals surface area contributed by atoms with Crippen LogP contribution in [0.1, 0.15) is 62.0 Å². The number of aromatic nitrogens is 6. The van der Waals surface area contributed by atoms with Crippen LogP contribution in [0.2, 0.25) is 0 Å². The van der Waals surface area contributed by atoms with Crippen molar-refractivity contribution in [3.05, 3.63) is 82.8 Å². The minimum absolute atomic E-state index is 0.152. The molecule has 0 saturated carbocycles. The number of rotatable bonds is 8. The number of carbonyl (C=O) groups is 1. The van der Waals surface area contributed by atoms with Gasteiger partial charge in [0.25, 0.3) is 0 Å². The Morgan fingerprint density at radius 3 is 2.48 bits per heavy atom. The van der Waals surface area contributed by atoms with Crippen LogP contribution in [-0.2, 0) is 6.54 Å². The summed E-state index contributed by atoms with van der Waals surface area (Å²) in [5, 5.41) is 11.5. The van der Waals surface area contributed by atoms with E-state index in [0.717, 1.165) is 34.5 Å². The van der Waals surface area contributed by atoms with E-state index in [0.29, 0.717) is 19.4 Å². The van der Waals surface area contributed by atoms with E-state index in [-0.39, 0.29) is 17.5 Å². The number of carbonyl (C=O) groups excluding carboxylic acids is 1. The quantitative estimate of drug-likeness (QED) is 0.404. The van der Waals surface area contributed by atoms with E-state index in [1.165, 1.54) is 4.57 Å². The molecule has 0 aliphatic heterocycles. The topological polar surface area (TPSA) is 87.6 Å². The van der Waals surface area contributed by atoms with Crippen LogP contribution in [-0.4, -0.2) is 35.2 Å². The predicted molar refractivity (Wildman–Crippen MR) is 127 cm³/mol. The molecule has 0 amide bonds. The summed E-state index contributed by atoms with van der Waals surface area (Å²) in [6.45, 7) is 6.52. The van der Waals surface area contributed by atoms with Crippen LogP contribution >= 0.6 is 0 Å². The van der Waals surface area contributed by atoms with Crippen LogP contribution in [0.3, 0.4) is 0 Å². The molecular weight excluding hydrogens is 416 g/mol. The summed E-state index contributed by atoms with van der Waals surface area (Å²) in [4.78, 5) is 25.5. The molecule has 170 valence electrons. The third-order valence-electron chi connectivity index (χ3n) is 5.97. The first kappa shape index (κ1) is 22.4. The second kappa shape index (κ2) is 9.77. The van der Waals surface area contributed by atoms with Crippen molar-refractivity contribution in [2.75, 3.05) is 0 Å². The van der Waals surface area contributed by atoms with E-state index in [2.05, 4.69) is 29.4 Å². The van der Waals surface area contributed by atoms with Crippen LogP contribution in [0.5, 0.6) is 0 Å². The average molecular weight is 445 g/mol. The number of hydrogen-bond acceptors (Lipinski definition) is 5. The van der Waals surface area contributed by atoms with Crippen molar-refractivity contribution in [1.82, 2.24) is 29.3 Å². The molecule has 0 fully saturated rings. The minimum Gasteiger partial charge on any atom is -0.291 e. The average Bonchev–Trinajstić information content (AvgIpc) is 3.48. The Hall–Kier alpha value is -3.81. The molecule has 0 bridgehead atoms. The van der Waals surface area contributed by atoms with Gasteiger partial charge >= 0.3 is 5.69 Å². The van der Waals surface area contributed by atoms with Gasteiger partial charge in [0.05, 0.1) is 12.2 Å². The Bertz CT molecular complexity index is 1290. The third-order valence-corrected chi connectivity index (χ3v) is 5.97. The molecule has 0 saturated heterocycles. The lowest BCUT2D eigenvalue weighted by atomic mass is 10.0. The number of tetrazole rings is 1. The molecule has 8 nitrogen and oxygen atoms in total. The fourth-order valence-electron chi connectivity index (χ4n) is 3.93. The SMILES string of the molecule is CCCC(=O)n1cc(C(C)CC)n(Cc2ccc(-c3ccccc3-n3cnnn3)cc2)c1=O. The van der Waals surface area contributed by atoms with E-state index in [4.69, 9.17) is 0 Å². The smallest absolute Gasteiger partial charge is 0.291 e. The zero-order valence-electron chi connectivity index (χ0n) is 19.2. The highest BCUT2D eigenvalue weighted by atomic mass is 16.2. The standard InChI is InChI=1S/C25H28N6O2/c1-4-8-24(32)30-16-23(18(3)5-2)29(25(30)33)15-19-11-13-20(14-12-19)21-9-6-7-10-22(21)31-17-26-27-28-31/h6-7,9-14,16-18H,4-5,8,15H2,1-3H3. The molecule has 4 rings (SSSR count). The lowest BCUT2D eigenvalue weighted by Crippen LogP contribution is -2.29. The Balaban J connectivity index is 1.66. The summed E-state index contributed by atoms with van der Waals surface area (Å²) in [5.74, 6) is 0.0242. The molecular formula is C25H28N6O2. The van der Waals surface area contributed by atoms with Gasteiger partial charge in [-0.1, -0.05) is 63.2 Å². The zero-order chi connectivity index (χ0) is 23.4. The van der Waals surface area contributed by atoms with Gasteiger partial charge in [-0.3, -0.25) is 9.36 Å². The van der Waals surface area contributed by atoms with Crippen molar-refractivity contribution >= 4 is 5.91 Å². The van der Waals surface area contributed by atoms with Crippen molar-refractivity contribution in [3.8, 4) is 16.8 Å². The van der Waals surface area contributed by atoms with Gasteiger partial charge in [-0.2, -0.15) is 4.68 Å². The molecule has 0 aliphatic rings. The van der Waals surface area contributed by atoms with Crippen LogP contribution in [0.15, 0.2) is 65.8 Å². The van der Waals surface area contributed by atoms with Gasteiger partial charge in [0, 0.05) is 23.9 Å². The Morgan fingerprint density at radius 2 is 1.82 bits per heavy atom. The van der Waals surface area contributed by atoms with E-state index in [1.807, 2.05) is 55.5 Å². The maximum atomic E-state index is 13.1. The van der Waals surface area contributed by atoms with E-state index >= 15 is 0 Å². The third kappa shape index (κ3) is 4.55. The highest BCUT2D eigenvalue weighted by Crippen LogP contribution is 2.27.